The summed E-state index contributed by atoms with van der Waals surface area (Å²) in [6, 6.07) is 0.253. The Morgan fingerprint density at radius 3 is 2.91 bits per heavy atom. The molecule has 1 atom stereocenters. The van der Waals surface area contributed by atoms with Gasteiger partial charge in [-0.05, 0) is 6.42 Å². The molecule has 60 valence electrons. The smallest absolute Gasteiger partial charge is 0.222 e. The zero-order chi connectivity index (χ0) is 7.84. The second-order valence-electron chi connectivity index (χ2n) is 3.27. The molecule has 3 nitrogen and oxygen atoms in total. The maximum atomic E-state index is 11.1. The number of piperidine rings is 1. The average molecular weight is 153 g/mol. The van der Waals surface area contributed by atoms with Crippen molar-refractivity contribution in [3.8, 4) is 0 Å². The van der Waals surface area contributed by atoms with Gasteiger partial charge in [0, 0.05) is 31.8 Å². The molecule has 2 saturated heterocycles. The van der Waals surface area contributed by atoms with Gasteiger partial charge in [-0.1, -0.05) is 0 Å². The van der Waals surface area contributed by atoms with Crippen LogP contribution in [0.15, 0.2) is 0 Å². The van der Waals surface area contributed by atoms with E-state index >= 15 is 0 Å². The van der Waals surface area contributed by atoms with Crippen LogP contribution in [-0.4, -0.2) is 29.2 Å². The first kappa shape index (κ1) is 6.83. The first-order chi connectivity index (χ1) is 5.27. The molecule has 0 N–H and O–H groups in total. The van der Waals surface area contributed by atoms with Crippen molar-refractivity contribution in [2.24, 2.45) is 0 Å². The first-order valence-corrected chi connectivity index (χ1v) is 4.08. The maximum Gasteiger partial charge on any atom is 0.222 e. The van der Waals surface area contributed by atoms with Gasteiger partial charge >= 0.3 is 0 Å². The number of hydrogen-bond donors (Lipinski definition) is 0. The highest BCUT2D eigenvalue weighted by atomic mass is 16.2. The highest BCUT2D eigenvalue weighted by Gasteiger charge is 2.35. The Morgan fingerprint density at radius 1 is 1.27 bits per heavy atom. The number of hydrogen-bond acceptors (Lipinski definition) is 2. The van der Waals surface area contributed by atoms with E-state index in [1.165, 1.54) is 0 Å². The lowest BCUT2D eigenvalue weighted by atomic mass is 10.0. The van der Waals surface area contributed by atoms with E-state index in [4.69, 9.17) is 0 Å². The van der Waals surface area contributed by atoms with Gasteiger partial charge in [0.05, 0.1) is 0 Å². The molecular weight excluding hydrogens is 142 g/mol. The van der Waals surface area contributed by atoms with Gasteiger partial charge in [-0.3, -0.25) is 9.59 Å². The quantitative estimate of drug-likeness (QED) is 0.503. The monoisotopic (exact) mass is 153 g/mol. The first-order valence-electron chi connectivity index (χ1n) is 4.08. The summed E-state index contributed by atoms with van der Waals surface area (Å²) in [5, 5.41) is 0. The third-order valence-corrected chi connectivity index (χ3v) is 2.55. The van der Waals surface area contributed by atoms with Crippen LogP contribution < -0.4 is 0 Å². The van der Waals surface area contributed by atoms with Gasteiger partial charge in [-0.25, -0.2) is 0 Å². The molecule has 0 aliphatic carbocycles. The zero-order valence-corrected chi connectivity index (χ0v) is 6.38. The van der Waals surface area contributed by atoms with E-state index in [2.05, 4.69) is 0 Å². The van der Waals surface area contributed by atoms with Crippen molar-refractivity contribution < 1.29 is 9.59 Å². The fraction of sp³-hybridized carbons (Fsp3) is 0.750. The molecule has 0 bridgehead atoms. The van der Waals surface area contributed by atoms with E-state index in [0.29, 0.717) is 31.6 Å². The van der Waals surface area contributed by atoms with E-state index in [1.54, 1.807) is 0 Å². The molecule has 2 fully saturated rings. The summed E-state index contributed by atoms with van der Waals surface area (Å²) in [5.74, 6) is 0.559. The van der Waals surface area contributed by atoms with Gasteiger partial charge in [-0.2, -0.15) is 0 Å². The van der Waals surface area contributed by atoms with Gasteiger partial charge in [0.2, 0.25) is 5.91 Å². The lowest BCUT2D eigenvalue weighted by Crippen LogP contribution is -2.40. The van der Waals surface area contributed by atoms with Crippen LogP contribution in [-0.2, 0) is 9.59 Å². The molecule has 1 unspecified atom stereocenters. The molecule has 2 rings (SSSR count). The molecule has 0 aromatic carbocycles. The van der Waals surface area contributed by atoms with Crippen LogP contribution in [0.1, 0.15) is 25.7 Å². The number of rotatable bonds is 0. The summed E-state index contributed by atoms with van der Waals surface area (Å²) in [6.07, 6.45) is 2.72. The Bertz CT molecular complexity index is 212. The van der Waals surface area contributed by atoms with E-state index in [-0.39, 0.29) is 11.9 Å². The van der Waals surface area contributed by atoms with Crippen LogP contribution in [0.25, 0.3) is 0 Å². The predicted octanol–water partition coefficient (Wildman–Crippen LogP) is 0.340. The van der Waals surface area contributed by atoms with Crippen LogP contribution >= 0.6 is 0 Å². The Hall–Kier alpha value is -0.860. The second kappa shape index (κ2) is 2.32. The third-order valence-electron chi connectivity index (χ3n) is 2.55. The Kier molecular flexibility index (Phi) is 1.44. The van der Waals surface area contributed by atoms with Gasteiger partial charge < -0.3 is 4.90 Å². The number of carbonyl (C=O) groups excluding carboxylic acids is 2. The molecule has 0 spiro atoms. The SMILES string of the molecule is O=C1CCN2C(=O)CCC2C1. The normalized spacial score (nSPS) is 30.9. The Morgan fingerprint density at radius 2 is 2.09 bits per heavy atom. The van der Waals surface area contributed by atoms with Gasteiger partial charge in [0.25, 0.3) is 0 Å². The van der Waals surface area contributed by atoms with Crippen molar-refractivity contribution in [1.29, 1.82) is 0 Å². The van der Waals surface area contributed by atoms with E-state index in [1.807, 2.05) is 4.90 Å². The van der Waals surface area contributed by atoms with Crippen LogP contribution in [0.3, 0.4) is 0 Å². The molecule has 11 heavy (non-hydrogen) atoms. The summed E-state index contributed by atoms with van der Waals surface area (Å²) in [6.45, 7) is 0.669. The molecule has 2 aliphatic rings. The standard InChI is InChI=1S/C8H11NO2/c10-7-3-4-9-6(5-7)1-2-8(9)11/h6H,1-5H2. The van der Waals surface area contributed by atoms with Crippen molar-refractivity contribution in [2.45, 2.75) is 31.7 Å². The van der Waals surface area contributed by atoms with E-state index in [9.17, 15) is 9.59 Å². The minimum absolute atomic E-state index is 0.238. The highest BCUT2D eigenvalue weighted by Crippen LogP contribution is 2.25. The van der Waals surface area contributed by atoms with Gasteiger partial charge in [0.15, 0.2) is 0 Å². The molecule has 0 radical (unpaired) electrons. The summed E-state index contributed by atoms with van der Waals surface area (Å²) in [5.41, 5.74) is 0. The van der Waals surface area contributed by atoms with E-state index in [0.717, 1.165) is 6.42 Å². The van der Waals surface area contributed by atoms with Crippen molar-refractivity contribution in [1.82, 2.24) is 4.90 Å². The summed E-state index contributed by atoms with van der Waals surface area (Å²) in [7, 11) is 0. The maximum absolute atomic E-state index is 11.1. The summed E-state index contributed by atoms with van der Waals surface area (Å²) in [4.78, 5) is 24.0. The molecule has 0 saturated carbocycles. The topological polar surface area (TPSA) is 37.4 Å². The van der Waals surface area contributed by atoms with Crippen LogP contribution in [0.4, 0.5) is 0 Å². The number of ketones is 1. The number of fused-ring (bicyclic) bond motifs is 1. The lowest BCUT2D eigenvalue weighted by molar-refractivity contribution is -0.132. The number of amides is 1. The molecule has 2 heterocycles. The lowest BCUT2D eigenvalue weighted by Gasteiger charge is -2.28. The molecule has 0 aromatic heterocycles. The Labute approximate surface area is 65.4 Å². The van der Waals surface area contributed by atoms with Crippen molar-refractivity contribution in [3.05, 3.63) is 0 Å². The summed E-state index contributed by atoms with van der Waals surface area (Å²) < 4.78 is 0. The van der Waals surface area contributed by atoms with Crippen molar-refractivity contribution in [2.75, 3.05) is 6.54 Å². The largest absolute Gasteiger partial charge is 0.339 e. The van der Waals surface area contributed by atoms with Gasteiger partial charge in [0.1, 0.15) is 5.78 Å². The fourth-order valence-corrected chi connectivity index (χ4v) is 1.92. The van der Waals surface area contributed by atoms with Crippen LogP contribution in [0, 0.1) is 0 Å². The average Bonchev–Trinajstić information content (AvgIpc) is 2.32. The molecular formula is C8H11NO2. The van der Waals surface area contributed by atoms with Crippen molar-refractivity contribution in [3.63, 3.8) is 0 Å². The Balaban J connectivity index is 2.11. The second-order valence-corrected chi connectivity index (χ2v) is 3.27. The van der Waals surface area contributed by atoms with E-state index < -0.39 is 0 Å². The minimum atomic E-state index is 0.238. The van der Waals surface area contributed by atoms with Gasteiger partial charge in [-0.15, -0.1) is 0 Å². The molecule has 0 aromatic rings. The van der Waals surface area contributed by atoms with Crippen LogP contribution in [0.5, 0.6) is 0 Å². The third kappa shape index (κ3) is 1.04. The summed E-state index contributed by atoms with van der Waals surface area (Å²) >= 11 is 0. The number of nitrogens with zero attached hydrogens (tertiary/aromatic N) is 1. The molecule has 2 aliphatic heterocycles. The predicted molar refractivity (Wildman–Crippen MR) is 39.0 cm³/mol. The highest BCUT2D eigenvalue weighted by molar-refractivity contribution is 5.85. The number of Topliss-reactive ketones (excluding diaryl/α,β-unsaturated/α-hetero) is 1. The van der Waals surface area contributed by atoms with Crippen LogP contribution in [0.2, 0.25) is 0 Å². The zero-order valence-electron chi connectivity index (χ0n) is 6.38. The fourth-order valence-electron chi connectivity index (χ4n) is 1.92. The molecule has 1 amide bonds. The minimum Gasteiger partial charge on any atom is -0.339 e. The van der Waals surface area contributed by atoms with Crippen molar-refractivity contribution >= 4 is 11.7 Å². The molecule has 3 heteroatoms. The number of carbonyl (C=O) groups is 2.